The third-order valence-electron chi connectivity index (χ3n) is 13.1. The van der Waals surface area contributed by atoms with Gasteiger partial charge in [-0.05, 0) is 66.6 Å². The van der Waals surface area contributed by atoms with Gasteiger partial charge in [-0.2, -0.15) is 47.0 Å². The fraction of sp³-hybridized carbons (Fsp3) is 0.803. The Balaban J connectivity index is 0.000000678. The van der Waals surface area contributed by atoms with Crippen LogP contribution in [0.5, 0.6) is 11.5 Å². The lowest BCUT2D eigenvalue weighted by Gasteiger charge is -2.22. The number of phenolic OH excluding ortho intramolecular Hbond substituents is 2. The Morgan fingerprint density at radius 2 is 0.537 bits per heavy atom. The molecule has 0 aliphatic carbocycles. The van der Waals surface area contributed by atoms with E-state index in [4.69, 9.17) is 0 Å². The van der Waals surface area contributed by atoms with E-state index in [-0.39, 0.29) is 5.41 Å². The number of benzene rings is 2. The highest BCUT2D eigenvalue weighted by atomic mass is 32.2. The van der Waals surface area contributed by atoms with Crippen LogP contribution >= 0.6 is 47.0 Å². The Kier molecular flexibility index (Phi) is 43.6. The normalized spacial score (nSPS) is 11.6. The van der Waals surface area contributed by atoms with E-state index < -0.39 is 0 Å². The standard InChI is InChI=1S/C33H60OS2.C28H50OS2/c1-4-6-8-10-12-14-16-18-20-22-24-35-28-31-26-30(3)27-32(33(31)34)29-36-25-23-21-19-17-15-13-11-9-7-5-2;1-6-8-10-12-14-16-18-30-22-24-20-26(28(3,4)5)21-25(27(24)29)23-31-19-17-15-13-11-9-7-2/h26-27,34H,4-25,28-29H2,1-3H3;20-21,29H,6-19,22-23H2,1-5H3. The van der Waals surface area contributed by atoms with Crippen molar-refractivity contribution in [1.29, 1.82) is 0 Å². The molecule has 2 nitrogen and oxygen atoms in total. The maximum Gasteiger partial charge on any atom is 0.123 e. The number of rotatable bonds is 44. The van der Waals surface area contributed by atoms with E-state index in [0.717, 1.165) is 45.3 Å². The second kappa shape index (κ2) is 45.3. The summed E-state index contributed by atoms with van der Waals surface area (Å²) in [7, 11) is 0. The fourth-order valence-corrected chi connectivity index (χ4v) is 12.6. The van der Waals surface area contributed by atoms with Crippen LogP contribution < -0.4 is 0 Å². The summed E-state index contributed by atoms with van der Waals surface area (Å²) in [6.07, 6.45) is 44.1. The largest absolute Gasteiger partial charge is 0.507 e. The van der Waals surface area contributed by atoms with Crippen LogP contribution in [-0.2, 0) is 28.4 Å². The molecule has 0 unspecified atom stereocenters. The van der Waals surface area contributed by atoms with Crippen molar-refractivity contribution in [3.05, 3.63) is 57.6 Å². The van der Waals surface area contributed by atoms with Gasteiger partial charge in [-0.3, -0.25) is 0 Å². The molecule has 0 radical (unpaired) electrons. The molecular weight excluding hydrogens is 893 g/mol. The molecule has 0 heterocycles. The lowest BCUT2D eigenvalue weighted by molar-refractivity contribution is 0.464. The Morgan fingerprint density at radius 1 is 0.328 bits per heavy atom. The van der Waals surface area contributed by atoms with Gasteiger partial charge in [-0.15, -0.1) is 0 Å². The third kappa shape index (κ3) is 36.1. The predicted octanol–water partition coefficient (Wildman–Crippen LogP) is 21.9. The van der Waals surface area contributed by atoms with Gasteiger partial charge in [-0.1, -0.05) is 258 Å². The minimum absolute atomic E-state index is 0.116. The van der Waals surface area contributed by atoms with E-state index in [9.17, 15) is 10.2 Å². The van der Waals surface area contributed by atoms with Crippen molar-refractivity contribution < 1.29 is 10.2 Å². The van der Waals surface area contributed by atoms with Gasteiger partial charge >= 0.3 is 0 Å². The Hall–Kier alpha value is -0.560. The van der Waals surface area contributed by atoms with E-state index in [1.807, 2.05) is 47.0 Å². The molecule has 0 bridgehead atoms. The molecule has 0 saturated heterocycles. The zero-order chi connectivity index (χ0) is 49.1. The average molecular weight is 1000 g/mol. The van der Waals surface area contributed by atoms with Gasteiger partial charge in [0.2, 0.25) is 0 Å². The van der Waals surface area contributed by atoms with Crippen LogP contribution in [0.4, 0.5) is 0 Å². The number of hydrogen-bond acceptors (Lipinski definition) is 6. The molecule has 2 aromatic carbocycles. The molecular formula is C61H110O2S4. The van der Waals surface area contributed by atoms with E-state index in [0.29, 0.717) is 11.5 Å². The zero-order valence-electron chi connectivity index (χ0n) is 45.6. The highest BCUT2D eigenvalue weighted by Crippen LogP contribution is 2.36. The van der Waals surface area contributed by atoms with Crippen molar-refractivity contribution in [2.24, 2.45) is 0 Å². The zero-order valence-corrected chi connectivity index (χ0v) is 48.9. The third-order valence-corrected chi connectivity index (χ3v) is 17.5. The quantitative estimate of drug-likeness (QED) is 0.0645. The summed E-state index contributed by atoms with van der Waals surface area (Å²) in [6, 6.07) is 8.89. The van der Waals surface area contributed by atoms with Crippen molar-refractivity contribution >= 4 is 47.0 Å². The molecule has 0 spiro atoms. The molecule has 2 N–H and O–H groups in total. The van der Waals surface area contributed by atoms with E-state index >= 15 is 0 Å². The van der Waals surface area contributed by atoms with Crippen molar-refractivity contribution in [3.63, 3.8) is 0 Å². The molecule has 67 heavy (non-hydrogen) atoms. The summed E-state index contributed by atoms with van der Waals surface area (Å²) in [5, 5.41) is 21.8. The number of hydrogen-bond donors (Lipinski definition) is 2. The van der Waals surface area contributed by atoms with Gasteiger partial charge in [0.15, 0.2) is 0 Å². The first kappa shape index (κ1) is 64.5. The van der Waals surface area contributed by atoms with Gasteiger partial charge in [0.25, 0.3) is 0 Å². The number of aromatic hydroxyl groups is 2. The SMILES string of the molecule is CCCCCCCCCCCCSCc1cc(C)cc(CSCCCCCCCCCCCC)c1O.CCCCCCCCSCc1cc(C(C)(C)C)cc(CSCCCCCCCC)c1O. The highest BCUT2D eigenvalue weighted by molar-refractivity contribution is 7.99. The van der Waals surface area contributed by atoms with Crippen LogP contribution in [0.2, 0.25) is 0 Å². The molecule has 0 saturated carbocycles. The summed E-state index contributed by atoms with van der Waals surface area (Å²) in [5.74, 6) is 9.70. The Labute approximate surface area is 435 Å². The van der Waals surface area contributed by atoms with Crippen LogP contribution in [0.3, 0.4) is 0 Å². The monoisotopic (exact) mass is 1000 g/mol. The van der Waals surface area contributed by atoms with Crippen molar-refractivity contribution in [3.8, 4) is 11.5 Å². The molecule has 0 amide bonds. The number of phenols is 2. The maximum atomic E-state index is 11.0. The lowest BCUT2D eigenvalue weighted by atomic mass is 9.85. The topological polar surface area (TPSA) is 40.5 Å². The average Bonchev–Trinajstić information content (AvgIpc) is 3.30. The smallest absolute Gasteiger partial charge is 0.123 e. The van der Waals surface area contributed by atoms with E-state index in [1.54, 1.807) is 0 Å². The first-order valence-electron chi connectivity index (χ1n) is 28.6. The Bertz CT molecular complexity index is 1310. The first-order valence-corrected chi connectivity index (χ1v) is 33.2. The summed E-state index contributed by atoms with van der Waals surface area (Å²) < 4.78 is 0. The fourth-order valence-electron chi connectivity index (χ4n) is 8.65. The van der Waals surface area contributed by atoms with Crippen molar-refractivity contribution in [1.82, 2.24) is 0 Å². The van der Waals surface area contributed by atoms with Crippen LogP contribution in [-0.4, -0.2) is 33.2 Å². The van der Waals surface area contributed by atoms with Crippen LogP contribution in [0.25, 0.3) is 0 Å². The highest BCUT2D eigenvalue weighted by Gasteiger charge is 2.19. The first-order chi connectivity index (χ1) is 32.6. The Morgan fingerprint density at radius 3 is 0.761 bits per heavy atom. The van der Waals surface area contributed by atoms with Crippen LogP contribution in [0.15, 0.2) is 24.3 Å². The summed E-state index contributed by atoms with van der Waals surface area (Å²) in [4.78, 5) is 0. The van der Waals surface area contributed by atoms with Crippen LogP contribution in [0, 0.1) is 6.92 Å². The molecule has 0 atom stereocenters. The second-order valence-electron chi connectivity index (χ2n) is 20.9. The summed E-state index contributed by atoms with van der Waals surface area (Å²) >= 11 is 7.96. The van der Waals surface area contributed by atoms with Gasteiger partial charge in [-0.25, -0.2) is 0 Å². The van der Waals surface area contributed by atoms with Gasteiger partial charge in [0.05, 0.1) is 0 Å². The molecule has 6 heteroatoms. The minimum atomic E-state index is 0.116. The minimum Gasteiger partial charge on any atom is -0.507 e. The number of thioether (sulfide) groups is 4. The number of unbranched alkanes of at least 4 members (excludes halogenated alkanes) is 28. The predicted molar refractivity (Wildman–Crippen MR) is 315 cm³/mol. The summed E-state index contributed by atoms with van der Waals surface area (Å²) in [5.41, 5.74) is 7.32. The van der Waals surface area contributed by atoms with E-state index in [1.165, 1.54) is 240 Å². The van der Waals surface area contributed by atoms with Gasteiger partial charge < -0.3 is 10.2 Å². The summed E-state index contributed by atoms with van der Waals surface area (Å²) in [6.45, 7) is 18.1. The molecule has 0 aliphatic heterocycles. The van der Waals surface area contributed by atoms with Gasteiger partial charge in [0.1, 0.15) is 11.5 Å². The molecule has 0 aliphatic rings. The van der Waals surface area contributed by atoms with Crippen molar-refractivity contribution in [2.75, 3.05) is 23.0 Å². The maximum absolute atomic E-state index is 11.0. The molecule has 390 valence electrons. The lowest BCUT2D eigenvalue weighted by Crippen LogP contribution is -2.12. The second-order valence-corrected chi connectivity index (χ2v) is 25.4. The molecule has 2 aromatic rings. The van der Waals surface area contributed by atoms with E-state index in [2.05, 4.69) is 79.7 Å². The van der Waals surface area contributed by atoms with Crippen LogP contribution in [0.1, 0.15) is 287 Å². The molecule has 2 rings (SSSR count). The molecule has 0 fully saturated rings. The van der Waals surface area contributed by atoms with Gasteiger partial charge in [0, 0.05) is 45.3 Å². The molecule has 0 aromatic heterocycles. The van der Waals surface area contributed by atoms with Crippen molar-refractivity contribution in [2.45, 2.75) is 289 Å². The number of aryl methyl sites for hydroxylation is 1.